The van der Waals surface area contributed by atoms with Crippen LogP contribution < -0.4 is 15.4 Å². The lowest BCUT2D eigenvalue weighted by Crippen LogP contribution is -2.40. The first-order valence-electron chi connectivity index (χ1n) is 5.74. The molecule has 5 heteroatoms. The molecular formula is C13H16N2O3. The highest BCUT2D eigenvalue weighted by Crippen LogP contribution is 2.28. The molecule has 1 aromatic carbocycles. The van der Waals surface area contributed by atoms with Gasteiger partial charge in [0.15, 0.2) is 6.61 Å². The maximum absolute atomic E-state index is 12.0. The van der Waals surface area contributed by atoms with Gasteiger partial charge in [0, 0.05) is 11.1 Å². The standard InChI is InChI=1S/C13H16N2O3/c1-13(2,3)15-12(17)8-4-5-10-9(6-8)14-11(16)7-18-10/h4-6H,7H2,1-3H3,(H,14,16)(H,15,17). The zero-order valence-corrected chi connectivity index (χ0v) is 10.7. The Morgan fingerprint density at radius 3 is 2.78 bits per heavy atom. The van der Waals surface area contributed by atoms with Gasteiger partial charge in [-0.15, -0.1) is 0 Å². The summed E-state index contributed by atoms with van der Waals surface area (Å²) in [5.41, 5.74) is 0.731. The number of carbonyl (C=O) groups is 2. The molecule has 5 nitrogen and oxygen atoms in total. The molecule has 2 N–H and O–H groups in total. The van der Waals surface area contributed by atoms with E-state index in [1.165, 1.54) is 0 Å². The molecule has 2 amide bonds. The predicted molar refractivity (Wildman–Crippen MR) is 67.8 cm³/mol. The summed E-state index contributed by atoms with van der Waals surface area (Å²) in [6.45, 7) is 5.75. The Morgan fingerprint density at radius 1 is 1.39 bits per heavy atom. The largest absolute Gasteiger partial charge is 0.482 e. The van der Waals surface area contributed by atoms with E-state index in [0.717, 1.165) is 0 Å². The van der Waals surface area contributed by atoms with Crippen LogP contribution in [0.5, 0.6) is 5.75 Å². The number of fused-ring (bicyclic) bond motifs is 1. The summed E-state index contributed by atoms with van der Waals surface area (Å²) in [6, 6.07) is 4.98. The lowest BCUT2D eigenvalue weighted by atomic mass is 10.1. The Labute approximate surface area is 106 Å². The number of amides is 2. The molecule has 0 radical (unpaired) electrons. The number of rotatable bonds is 1. The monoisotopic (exact) mass is 248 g/mol. The Balaban J connectivity index is 2.23. The van der Waals surface area contributed by atoms with Gasteiger partial charge < -0.3 is 15.4 Å². The highest BCUT2D eigenvalue weighted by atomic mass is 16.5. The van der Waals surface area contributed by atoms with Crippen LogP contribution in [0.1, 0.15) is 31.1 Å². The van der Waals surface area contributed by atoms with Crippen LogP contribution in [-0.2, 0) is 4.79 Å². The van der Waals surface area contributed by atoms with Gasteiger partial charge in [-0.25, -0.2) is 0 Å². The molecule has 96 valence electrons. The molecule has 2 rings (SSSR count). The highest BCUT2D eigenvalue weighted by Gasteiger charge is 2.20. The van der Waals surface area contributed by atoms with Gasteiger partial charge >= 0.3 is 0 Å². The van der Waals surface area contributed by atoms with E-state index in [2.05, 4.69) is 10.6 Å². The third-order valence-corrected chi connectivity index (χ3v) is 2.36. The maximum atomic E-state index is 12.0. The van der Waals surface area contributed by atoms with Crippen LogP contribution in [0.2, 0.25) is 0 Å². The van der Waals surface area contributed by atoms with Gasteiger partial charge in [-0.3, -0.25) is 9.59 Å². The Morgan fingerprint density at radius 2 is 2.11 bits per heavy atom. The molecule has 1 heterocycles. The van der Waals surface area contributed by atoms with Gasteiger partial charge in [0.05, 0.1) is 5.69 Å². The minimum absolute atomic E-state index is 0.0144. The summed E-state index contributed by atoms with van der Waals surface area (Å²) >= 11 is 0. The van der Waals surface area contributed by atoms with Crippen molar-refractivity contribution in [3.8, 4) is 5.75 Å². The van der Waals surface area contributed by atoms with Crippen LogP contribution in [0, 0.1) is 0 Å². The normalized spacial score (nSPS) is 14.3. The van der Waals surface area contributed by atoms with Crippen molar-refractivity contribution in [3.05, 3.63) is 23.8 Å². The fourth-order valence-electron chi connectivity index (χ4n) is 1.64. The minimum atomic E-state index is -0.299. The zero-order valence-electron chi connectivity index (χ0n) is 10.7. The second-order valence-corrected chi connectivity index (χ2v) is 5.25. The molecule has 1 aliphatic heterocycles. The van der Waals surface area contributed by atoms with E-state index in [1.54, 1.807) is 18.2 Å². The van der Waals surface area contributed by atoms with Crippen LogP contribution in [0.25, 0.3) is 0 Å². The minimum Gasteiger partial charge on any atom is -0.482 e. The highest BCUT2D eigenvalue weighted by molar-refractivity contribution is 6.00. The van der Waals surface area contributed by atoms with E-state index >= 15 is 0 Å². The Hall–Kier alpha value is -2.04. The van der Waals surface area contributed by atoms with Crippen LogP contribution in [0.15, 0.2) is 18.2 Å². The third kappa shape index (κ3) is 2.80. The fourth-order valence-corrected chi connectivity index (χ4v) is 1.64. The van der Waals surface area contributed by atoms with Crippen LogP contribution in [0.4, 0.5) is 5.69 Å². The average Bonchev–Trinajstić information content (AvgIpc) is 2.25. The molecule has 1 aromatic rings. The first-order valence-corrected chi connectivity index (χ1v) is 5.74. The van der Waals surface area contributed by atoms with E-state index in [0.29, 0.717) is 17.0 Å². The fraction of sp³-hybridized carbons (Fsp3) is 0.385. The first kappa shape index (κ1) is 12.4. The van der Waals surface area contributed by atoms with Gasteiger partial charge in [0.1, 0.15) is 5.75 Å². The lowest BCUT2D eigenvalue weighted by Gasteiger charge is -2.22. The molecule has 0 aromatic heterocycles. The molecular weight excluding hydrogens is 232 g/mol. The Kier molecular flexibility index (Phi) is 2.98. The van der Waals surface area contributed by atoms with Crippen molar-refractivity contribution in [1.82, 2.24) is 5.32 Å². The molecule has 0 atom stereocenters. The van der Waals surface area contributed by atoms with Crippen LogP contribution in [0.3, 0.4) is 0 Å². The number of carbonyl (C=O) groups excluding carboxylic acids is 2. The van der Waals surface area contributed by atoms with E-state index < -0.39 is 0 Å². The van der Waals surface area contributed by atoms with Crippen LogP contribution in [-0.4, -0.2) is 24.0 Å². The van der Waals surface area contributed by atoms with Gasteiger partial charge in [-0.1, -0.05) is 0 Å². The zero-order chi connectivity index (χ0) is 13.3. The number of benzene rings is 1. The summed E-state index contributed by atoms with van der Waals surface area (Å²) in [5, 5.41) is 5.54. The van der Waals surface area contributed by atoms with Crippen LogP contribution >= 0.6 is 0 Å². The molecule has 0 saturated carbocycles. The molecule has 0 spiro atoms. The van der Waals surface area contributed by atoms with E-state index in [-0.39, 0.29) is 24.0 Å². The van der Waals surface area contributed by atoms with Crippen molar-refractivity contribution < 1.29 is 14.3 Å². The number of ether oxygens (including phenoxy) is 1. The lowest BCUT2D eigenvalue weighted by molar-refractivity contribution is -0.118. The third-order valence-electron chi connectivity index (χ3n) is 2.36. The molecule has 0 aliphatic carbocycles. The van der Waals surface area contributed by atoms with E-state index in [9.17, 15) is 9.59 Å². The van der Waals surface area contributed by atoms with Gasteiger partial charge in [0.25, 0.3) is 11.8 Å². The second-order valence-electron chi connectivity index (χ2n) is 5.25. The molecule has 0 saturated heterocycles. The summed E-state index contributed by atoms with van der Waals surface area (Å²) in [4.78, 5) is 23.2. The van der Waals surface area contributed by atoms with Crippen molar-refractivity contribution in [2.24, 2.45) is 0 Å². The topological polar surface area (TPSA) is 67.4 Å². The Bertz CT molecular complexity index is 503. The smallest absolute Gasteiger partial charge is 0.262 e. The van der Waals surface area contributed by atoms with Crippen molar-refractivity contribution in [1.29, 1.82) is 0 Å². The molecule has 0 unspecified atom stereocenters. The maximum Gasteiger partial charge on any atom is 0.262 e. The van der Waals surface area contributed by atoms with Gasteiger partial charge in [0.2, 0.25) is 0 Å². The quantitative estimate of drug-likeness (QED) is 0.792. The number of nitrogens with one attached hydrogen (secondary N) is 2. The summed E-state index contributed by atoms with van der Waals surface area (Å²) < 4.78 is 5.23. The predicted octanol–water partition coefficient (Wildman–Crippen LogP) is 1.55. The van der Waals surface area contributed by atoms with Crippen molar-refractivity contribution in [2.75, 3.05) is 11.9 Å². The molecule has 1 aliphatic rings. The summed E-state index contributed by atoms with van der Waals surface area (Å²) in [6.07, 6.45) is 0. The van der Waals surface area contributed by atoms with E-state index in [4.69, 9.17) is 4.74 Å². The number of anilines is 1. The SMILES string of the molecule is CC(C)(C)NC(=O)c1ccc2c(c1)NC(=O)CO2. The first-order chi connectivity index (χ1) is 8.35. The summed E-state index contributed by atoms with van der Waals surface area (Å²) in [5.74, 6) is 0.197. The second kappa shape index (κ2) is 4.33. The van der Waals surface area contributed by atoms with Gasteiger partial charge in [-0.05, 0) is 39.0 Å². The van der Waals surface area contributed by atoms with Crippen molar-refractivity contribution in [3.63, 3.8) is 0 Å². The number of hydrogen-bond donors (Lipinski definition) is 2. The van der Waals surface area contributed by atoms with Crippen molar-refractivity contribution >= 4 is 17.5 Å². The molecule has 0 bridgehead atoms. The number of hydrogen-bond acceptors (Lipinski definition) is 3. The average molecular weight is 248 g/mol. The van der Waals surface area contributed by atoms with Gasteiger partial charge in [-0.2, -0.15) is 0 Å². The summed E-state index contributed by atoms with van der Waals surface area (Å²) in [7, 11) is 0. The van der Waals surface area contributed by atoms with E-state index in [1.807, 2.05) is 20.8 Å². The van der Waals surface area contributed by atoms with Crippen molar-refractivity contribution in [2.45, 2.75) is 26.3 Å². The molecule has 18 heavy (non-hydrogen) atoms. The molecule has 0 fully saturated rings.